The topological polar surface area (TPSA) is 55.1 Å². The van der Waals surface area contributed by atoms with Crippen molar-refractivity contribution in [3.05, 3.63) is 28.0 Å². The number of carbonyl (C=O) groups is 1. The van der Waals surface area contributed by atoms with Gasteiger partial charge in [-0.1, -0.05) is 6.07 Å². The number of anilines is 1. The summed E-state index contributed by atoms with van der Waals surface area (Å²) in [6.07, 6.45) is 0. The second kappa shape index (κ2) is 5.12. The lowest BCUT2D eigenvalue weighted by Gasteiger charge is -2.09. The summed E-state index contributed by atoms with van der Waals surface area (Å²) in [4.78, 5) is 14.4. The Kier molecular flexibility index (Phi) is 3.73. The molecule has 0 aliphatic heterocycles. The maximum atomic E-state index is 12.2. The Balaban J connectivity index is 2.50. The Morgan fingerprint density at radius 2 is 2.17 bits per heavy atom. The Hall–Kier alpha value is -1.33. The van der Waals surface area contributed by atoms with Crippen LogP contribution >= 0.6 is 22.7 Å². The van der Waals surface area contributed by atoms with Gasteiger partial charge in [0, 0.05) is 21.4 Å². The van der Waals surface area contributed by atoms with E-state index in [1.54, 1.807) is 11.3 Å². The van der Waals surface area contributed by atoms with Gasteiger partial charge in [0.25, 0.3) is 5.91 Å². The van der Waals surface area contributed by atoms with Gasteiger partial charge in [-0.15, -0.1) is 22.7 Å². The third-order valence-electron chi connectivity index (χ3n) is 2.53. The molecule has 1 amide bonds. The van der Waals surface area contributed by atoms with Crippen LogP contribution in [0.3, 0.4) is 0 Å². The SMILES string of the molecule is Cc1sc(N)c(C(=O)NC(C)C)c1-c1cccs1. The lowest BCUT2D eigenvalue weighted by Crippen LogP contribution is -2.30. The molecule has 0 fully saturated rings. The molecule has 0 saturated carbocycles. The molecule has 0 aliphatic rings. The summed E-state index contributed by atoms with van der Waals surface area (Å²) < 4.78 is 0. The maximum absolute atomic E-state index is 12.2. The highest BCUT2D eigenvalue weighted by atomic mass is 32.1. The lowest BCUT2D eigenvalue weighted by molar-refractivity contribution is 0.0945. The van der Waals surface area contributed by atoms with E-state index in [2.05, 4.69) is 5.32 Å². The first-order valence-corrected chi connectivity index (χ1v) is 7.44. The largest absolute Gasteiger partial charge is 0.390 e. The molecule has 0 aliphatic carbocycles. The van der Waals surface area contributed by atoms with Gasteiger partial charge in [-0.25, -0.2) is 0 Å². The molecular weight excluding hydrogens is 264 g/mol. The van der Waals surface area contributed by atoms with Crippen LogP contribution in [0.1, 0.15) is 29.1 Å². The van der Waals surface area contributed by atoms with Crippen LogP contribution in [0.15, 0.2) is 17.5 Å². The molecule has 96 valence electrons. The first-order valence-electron chi connectivity index (χ1n) is 5.74. The van der Waals surface area contributed by atoms with Gasteiger partial charge in [0.1, 0.15) is 0 Å². The van der Waals surface area contributed by atoms with E-state index in [0.29, 0.717) is 10.6 Å². The van der Waals surface area contributed by atoms with Crippen molar-refractivity contribution in [3.63, 3.8) is 0 Å². The van der Waals surface area contributed by atoms with E-state index >= 15 is 0 Å². The van der Waals surface area contributed by atoms with Crippen molar-refractivity contribution in [2.75, 3.05) is 5.73 Å². The van der Waals surface area contributed by atoms with Crippen LogP contribution in [-0.2, 0) is 0 Å². The summed E-state index contributed by atoms with van der Waals surface area (Å²) in [7, 11) is 0. The van der Waals surface area contributed by atoms with Crippen molar-refractivity contribution in [1.29, 1.82) is 0 Å². The predicted molar refractivity (Wildman–Crippen MR) is 79.4 cm³/mol. The number of nitrogen functional groups attached to an aromatic ring is 1. The number of carbonyl (C=O) groups excluding carboxylic acids is 1. The van der Waals surface area contributed by atoms with Crippen LogP contribution in [0.2, 0.25) is 0 Å². The van der Waals surface area contributed by atoms with Crippen molar-refractivity contribution in [2.24, 2.45) is 0 Å². The highest BCUT2D eigenvalue weighted by Gasteiger charge is 2.22. The Morgan fingerprint density at radius 1 is 1.44 bits per heavy atom. The average Bonchev–Trinajstić information content (AvgIpc) is 2.84. The second-order valence-electron chi connectivity index (χ2n) is 4.38. The van der Waals surface area contributed by atoms with Crippen molar-refractivity contribution in [1.82, 2.24) is 5.32 Å². The Bertz CT molecular complexity index is 556. The van der Waals surface area contributed by atoms with E-state index in [1.807, 2.05) is 38.3 Å². The predicted octanol–water partition coefficient (Wildman–Crippen LogP) is 3.51. The van der Waals surface area contributed by atoms with E-state index < -0.39 is 0 Å². The molecule has 2 aromatic heterocycles. The summed E-state index contributed by atoms with van der Waals surface area (Å²) in [5.74, 6) is -0.0877. The number of nitrogens with two attached hydrogens (primary N) is 1. The van der Waals surface area contributed by atoms with Crippen molar-refractivity contribution in [2.45, 2.75) is 26.8 Å². The minimum absolute atomic E-state index is 0.0877. The fourth-order valence-corrected chi connectivity index (χ4v) is 3.68. The summed E-state index contributed by atoms with van der Waals surface area (Å²) in [6, 6.07) is 4.11. The molecule has 3 N–H and O–H groups in total. The molecule has 2 heterocycles. The molecule has 2 rings (SSSR count). The molecule has 0 bridgehead atoms. The van der Waals surface area contributed by atoms with Gasteiger partial charge in [-0.3, -0.25) is 4.79 Å². The standard InChI is InChI=1S/C13H16N2OS2/c1-7(2)15-13(16)11-10(8(3)18-12(11)14)9-5-4-6-17-9/h4-7H,14H2,1-3H3,(H,15,16). The zero-order valence-corrected chi connectivity index (χ0v) is 12.2. The quantitative estimate of drug-likeness (QED) is 0.904. The number of rotatable bonds is 3. The zero-order valence-electron chi connectivity index (χ0n) is 10.6. The molecule has 0 radical (unpaired) electrons. The number of amides is 1. The molecular formula is C13H16N2OS2. The van der Waals surface area contributed by atoms with Crippen LogP contribution in [0.4, 0.5) is 5.00 Å². The number of nitrogens with one attached hydrogen (secondary N) is 1. The number of hydrogen-bond acceptors (Lipinski definition) is 4. The highest BCUT2D eigenvalue weighted by Crippen LogP contribution is 2.39. The second-order valence-corrected chi connectivity index (χ2v) is 6.58. The van der Waals surface area contributed by atoms with E-state index in [4.69, 9.17) is 5.73 Å². The third kappa shape index (κ3) is 2.42. The average molecular weight is 280 g/mol. The van der Waals surface area contributed by atoms with Crippen molar-refractivity contribution in [3.8, 4) is 10.4 Å². The first kappa shape index (κ1) is 13.1. The van der Waals surface area contributed by atoms with Gasteiger partial charge >= 0.3 is 0 Å². The van der Waals surface area contributed by atoms with E-state index in [-0.39, 0.29) is 11.9 Å². The van der Waals surface area contributed by atoms with Crippen molar-refractivity contribution < 1.29 is 4.79 Å². The normalized spacial score (nSPS) is 10.9. The van der Waals surface area contributed by atoms with Crippen LogP contribution < -0.4 is 11.1 Å². The zero-order chi connectivity index (χ0) is 13.3. The van der Waals surface area contributed by atoms with E-state index in [1.165, 1.54) is 11.3 Å². The number of aryl methyl sites for hydroxylation is 1. The maximum Gasteiger partial charge on any atom is 0.255 e. The summed E-state index contributed by atoms with van der Waals surface area (Å²) in [5.41, 5.74) is 7.58. The molecule has 3 nitrogen and oxygen atoms in total. The Morgan fingerprint density at radius 3 is 2.72 bits per heavy atom. The lowest BCUT2D eigenvalue weighted by atomic mass is 10.1. The summed E-state index contributed by atoms with van der Waals surface area (Å²) >= 11 is 3.10. The fourth-order valence-electron chi connectivity index (χ4n) is 1.84. The molecule has 0 spiro atoms. The van der Waals surface area contributed by atoms with Gasteiger partial charge < -0.3 is 11.1 Å². The first-order chi connectivity index (χ1) is 8.50. The Labute approximate surface area is 115 Å². The van der Waals surface area contributed by atoms with Crippen LogP contribution in [-0.4, -0.2) is 11.9 Å². The van der Waals surface area contributed by atoms with E-state index in [0.717, 1.165) is 15.3 Å². The molecule has 18 heavy (non-hydrogen) atoms. The fraction of sp³-hybridized carbons (Fsp3) is 0.308. The van der Waals surface area contributed by atoms with Crippen LogP contribution in [0.25, 0.3) is 10.4 Å². The molecule has 2 aromatic rings. The monoisotopic (exact) mass is 280 g/mol. The third-order valence-corrected chi connectivity index (χ3v) is 4.35. The van der Waals surface area contributed by atoms with Crippen LogP contribution in [0.5, 0.6) is 0 Å². The number of hydrogen-bond donors (Lipinski definition) is 2. The minimum atomic E-state index is -0.0877. The molecule has 5 heteroatoms. The van der Waals surface area contributed by atoms with Gasteiger partial charge in [-0.05, 0) is 32.2 Å². The summed E-state index contributed by atoms with van der Waals surface area (Å²) in [6.45, 7) is 5.89. The van der Waals surface area contributed by atoms with E-state index in [9.17, 15) is 4.79 Å². The molecule has 0 unspecified atom stereocenters. The molecule has 0 atom stereocenters. The number of thiophene rings is 2. The van der Waals surface area contributed by atoms with Crippen LogP contribution in [0, 0.1) is 6.92 Å². The molecule has 0 saturated heterocycles. The van der Waals surface area contributed by atoms with Gasteiger partial charge in [0.15, 0.2) is 0 Å². The van der Waals surface area contributed by atoms with Gasteiger partial charge in [0.05, 0.1) is 10.6 Å². The molecule has 0 aromatic carbocycles. The van der Waals surface area contributed by atoms with Crippen molar-refractivity contribution >= 4 is 33.6 Å². The summed E-state index contributed by atoms with van der Waals surface area (Å²) in [5, 5.41) is 5.51. The van der Waals surface area contributed by atoms with Gasteiger partial charge in [0.2, 0.25) is 0 Å². The smallest absolute Gasteiger partial charge is 0.255 e. The minimum Gasteiger partial charge on any atom is -0.390 e. The highest BCUT2D eigenvalue weighted by molar-refractivity contribution is 7.18. The van der Waals surface area contributed by atoms with Gasteiger partial charge in [-0.2, -0.15) is 0 Å².